The van der Waals surface area contributed by atoms with Crippen molar-refractivity contribution in [3.8, 4) is 0 Å². The Morgan fingerprint density at radius 1 is 1.16 bits per heavy atom. The monoisotopic (exact) mass is 252 g/mol. The molecule has 0 spiro atoms. The van der Waals surface area contributed by atoms with E-state index >= 15 is 0 Å². The van der Waals surface area contributed by atoms with Crippen molar-refractivity contribution in [3.05, 3.63) is 59.4 Å². The highest BCUT2D eigenvalue weighted by molar-refractivity contribution is 6.52. The molecule has 0 radical (unpaired) electrons. The fourth-order valence-electron chi connectivity index (χ4n) is 2.29. The van der Waals surface area contributed by atoms with Crippen molar-refractivity contribution in [2.24, 2.45) is 0 Å². The molecule has 0 aliphatic carbocycles. The Morgan fingerprint density at radius 3 is 2.74 bits per heavy atom. The first-order valence-electron chi connectivity index (χ1n) is 6.02. The van der Waals surface area contributed by atoms with Gasteiger partial charge in [-0.1, -0.05) is 18.2 Å². The molecule has 19 heavy (non-hydrogen) atoms. The minimum Gasteiger partial charge on any atom is -0.300 e. The molecule has 2 aromatic rings. The van der Waals surface area contributed by atoms with Gasteiger partial charge in [0.2, 0.25) is 0 Å². The molecule has 0 fully saturated rings. The zero-order valence-electron chi connectivity index (χ0n) is 10.5. The standard InChI is InChI=1S/C15H12N2O2/c1-10-6-11(8-16-7-10)9-17-13-5-3-2-4-12(13)14(18)15(17)19/h2-8H,9H2,1H3. The molecular weight excluding hydrogens is 240 g/mol. The van der Waals surface area contributed by atoms with E-state index in [0.717, 1.165) is 11.1 Å². The molecule has 1 aliphatic heterocycles. The fourth-order valence-corrected chi connectivity index (χ4v) is 2.29. The van der Waals surface area contributed by atoms with Crippen LogP contribution in [-0.2, 0) is 11.3 Å². The van der Waals surface area contributed by atoms with E-state index in [2.05, 4.69) is 4.98 Å². The van der Waals surface area contributed by atoms with Crippen molar-refractivity contribution in [2.45, 2.75) is 13.5 Å². The Balaban J connectivity index is 1.98. The smallest absolute Gasteiger partial charge is 0.299 e. The van der Waals surface area contributed by atoms with Gasteiger partial charge in [-0.3, -0.25) is 14.6 Å². The van der Waals surface area contributed by atoms with Crippen molar-refractivity contribution in [3.63, 3.8) is 0 Å². The van der Waals surface area contributed by atoms with Gasteiger partial charge in [0, 0.05) is 12.4 Å². The van der Waals surface area contributed by atoms with Crippen LogP contribution < -0.4 is 4.90 Å². The minimum absolute atomic E-state index is 0.371. The predicted molar refractivity (Wildman–Crippen MR) is 70.9 cm³/mol. The number of hydrogen-bond donors (Lipinski definition) is 0. The Labute approximate surface area is 110 Å². The summed E-state index contributed by atoms with van der Waals surface area (Å²) in [6, 6.07) is 9.03. The molecule has 2 heterocycles. The summed E-state index contributed by atoms with van der Waals surface area (Å²) in [5, 5.41) is 0. The van der Waals surface area contributed by atoms with Gasteiger partial charge in [-0.25, -0.2) is 0 Å². The van der Waals surface area contributed by atoms with Gasteiger partial charge in [-0.15, -0.1) is 0 Å². The first kappa shape index (κ1) is 11.6. The van der Waals surface area contributed by atoms with Gasteiger partial charge < -0.3 is 4.90 Å². The van der Waals surface area contributed by atoms with Gasteiger partial charge in [0.1, 0.15) is 0 Å². The summed E-state index contributed by atoms with van der Waals surface area (Å²) in [5.41, 5.74) is 3.11. The van der Waals surface area contributed by atoms with Crippen LogP contribution in [0.4, 0.5) is 5.69 Å². The molecule has 1 aromatic heterocycles. The number of para-hydroxylation sites is 1. The first-order chi connectivity index (χ1) is 9.16. The second kappa shape index (κ2) is 4.31. The topological polar surface area (TPSA) is 50.3 Å². The van der Waals surface area contributed by atoms with Crippen LogP contribution in [0.1, 0.15) is 21.5 Å². The summed E-state index contributed by atoms with van der Waals surface area (Å²) in [4.78, 5) is 29.5. The van der Waals surface area contributed by atoms with Crippen LogP contribution in [0.3, 0.4) is 0 Å². The lowest BCUT2D eigenvalue weighted by Gasteiger charge is -2.16. The molecule has 0 unspecified atom stereocenters. The van der Waals surface area contributed by atoms with Crippen molar-refractivity contribution in [2.75, 3.05) is 4.90 Å². The van der Waals surface area contributed by atoms with Gasteiger partial charge in [-0.05, 0) is 30.2 Å². The third-order valence-corrected chi connectivity index (χ3v) is 3.15. The number of carbonyl (C=O) groups excluding carboxylic acids is 2. The van der Waals surface area contributed by atoms with E-state index in [1.54, 1.807) is 30.6 Å². The summed E-state index contributed by atoms with van der Waals surface area (Å²) in [7, 11) is 0. The van der Waals surface area contributed by atoms with Crippen LogP contribution in [0.25, 0.3) is 0 Å². The van der Waals surface area contributed by atoms with Crippen molar-refractivity contribution < 1.29 is 9.59 Å². The lowest BCUT2D eigenvalue weighted by atomic mass is 10.1. The molecule has 0 saturated heterocycles. The quantitative estimate of drug-likeness (QED) is 0.769. The number of anilines is 1. The number of aromatic nitrogens is 1. The second-order valence-corrected chi connectivity index (χ2v) is 4.61. The third kappa shape index (κ3) is 1.91. The Morgan fingerprint density at radius 2 is 1.95 bits per heavy atom. The predicted octanol–water partition coefficient (Wildman–Crippen LogP) is 2.12. The molecule has 0 bridgehead atoms. The minimum atomic E-state index is -0.470. The van der Waals surface area contributed by atoms with Crippen molar-refractivity contribution >= 4 is 17.4 Å². The molecule has 0 N–H and O–H groups in total. The SMILES string of the molecule is Cc1cncc(CN2C(=O)C(=O)c3ccccc32)c1. The Bertz CT molecular complexity index is 679. The third-order valence-electron chi connectivity index (χ3n) is 3.15. The number of Topliss-reactive ketones (excluding diaryl/α,β-unsaturated/α-hetero) is 1. The zero-order chi connectivity index (χ0) is 13.4. The molecule has 4 nitrogen and oxygen atoms in total. The van der Waals surface area contributed by atoms with E-state index < -0.39 is 11.7 Å². The first-order valence-corrected chi connectivity index (χ1v) is 6.02. The number of hydrogen-bond acceptors (Lipinski definition) is 3. The van der Waals surface area contributed by atoms with Crippen LogP contribution in [0, 0.1) is 6.92 Å². The molecule has 3 rings (SSSR count). The fraction of sp³-hybridized carbons (Fsp3) is 0.133. The zero-order valence-corrected chi connectivity index (χ0v) is 10.5. The van der Waals surface area contributed by atoms with E-state index in [-0.39, 0.29) is 0 Å². The maximum Gasteiger partial charge on any atom is 0.299 e. The number of benzene rings is 1. The molecular formula is C15H12N2O2. The highest BCUT2D eigenvalue weighted by Gasteiger charge is 2.35. The number of rotatable bonds is 2. The van der Waals surface area contributed by atoms with Crippen LogP contribution >= 0.6 is 0 Å². The highest BCUT2D eigenvalue weighted by Crippen LogP contribution is 2.29. The van der Waals surface area contributed by atoms with Gasteiger partial charge in [0.25, 0.3) is 11.7 Å². The maximum absolute atomic E-state index is 12.0. The number of nitrogens with zero attached hydrogens (tertiary/aromatic N) is 2. The molecule has 1 aromatic carbocycles. The molecule has 1 aliphatic rings. The molecule has 0 saturated carbocycles. The summed E-state index contributed by atoms with van der Waals surface area (Å²) in [6.07, 6.45) is 3.47. The lowest BCUT2D eigenvalue weighted by Crippen LogP contribution is -2.29. The van der Waals surface area contributed by atoms with Gasteiger partial charge >= 0.3 is 0 Å². The van der Waals surface area contributed by atoms with E-state index in [4.69, 9.17) is 0 Å². The number of carbonyl (C=O) groups is 2. The Kier molecular flexibility index (Phi) is 2.63. The lowest BCUT2D eigenvalue weighted by molar-refractivity contribution is -0.114. The average Bonchev–Trinajstić information content (AvgIpc) is 2.65. The van der Waals surface area contributed by atoms with Gasteiger partial charge in [-0.2, -0.15) is 0 Å². The molecule has 94 valence electrons. The summed E-state index contributed by atoms with van der Waals surface area (Å²) in [5.74, 6) is -0.904. The summed E-state index contributed by atoms with van der Waals surface area (Å²) in [6.45, 7) is 2.32. The number of pyridine rings is 1. The molecule has 0 atom stereocenters. The van der Waals surface area contributed by atoms with Crippen LogP contribution in [0.2, 0.25) is 0 Å². The number of aryl methyl sites for hydroxylation is 1. The summed E-state index contributed by atoms with van der Waals surface area (Å²) >= 11 is 0. The second-order valence-electron chi connectivity index (χ2n) is 4.61. The Hall–Kier alpha value is -2.49. The molecule has 4 heteroatoms. The average molecular weight is 252 g/mol. The van der Waals surface area contributed by atoms with E-state index in [1.165, 1.54) is 4.90 Å². The maximum atomic E-state index is 12.0. The number of ketones is 1. The van der Waals surface area contributed by atoms with Crippen molar-refractivity contribution in [1.82, 2.24) is 4.98 Å². The normalized spacial score (nSPS) is 13.8. The van der Waals surface area contributed by atoms with E-state index in [9.17, 15) is 9.59 Å². The van der Waals surface area contributed by atoms with E-state index in [1.807, 2.05) is 19.1 Å². The van der Waals surface area contributed by atoms with Crippen LogP contribution in [-0.4, -0.2) is 16.7 Å². The van der Waals surface area contributed by atoms with Crippen LogP contribution in [0.5, 0.6) is 0 Å². The largest absolute Gasteiger partial charge is 0.300 e. The van der Waals surface area contributed by atoms with Gasteiger partial charge in [0.15, 0.2) is 0 Å². The number of amides is 1. The van der Waals surface area contributed by atoms with Crippen LogP contribution in [0.15, 0.2) is 42.7 Å². The van der Waals surface area contributed by atoms with Gasteiger partial charge in [0.05, 0.1) is 17.8 Å². The highest BCUT2D eigenvalue weighted by atomic mass is 16.2. The van der Waals surface area contributed by atoms with E-state index in [0.29, 0.717) is 17.8 Å². The molecule has 1 amide bonds. The van der Waals surface area contributed by atoms with Crippen molar-refractivity contribution in [1.29, 1.82) is 0 Å². The summed E-state index contributed by atoms with van der Waals surface area (Å²) < 4.78 is 0. The number of fused-ring (bicyclic) bond motifs is 1.